The van der Waals surface area contributed by atoms with Gasteiger partial charge in [-0.25, -0.2) is 0 Å². The van der Waals surface area contributed by atoms with Gasteiger partial charge in [-0.3, -0.25) is 4.68 Å². The molecule has 0 N–H and O–H groups in total. The Balaban J connectivity index is 2.11. The van der Waals surface area contributed by atoms with E-state index in [1.165, 1.54) is 10.5 Å². The monoisotopic (exact) mass is 204 g/mol. The quantitative estimate of drug-likeness (QED) is 0.715. The Morgan fingerprint density at radius 2 is 2.07 bits per heavy atom. The van der Waals surface area contributed by atoms with Gasteiger partial charge in [-0.05, 0) is 11.8 Å². The number of aromatic nitrogens is 2. The molecule has 1 heterocycles. The Kier molecular flexibility index (Phi) is 2.89. The van der Waals surface area contributed by atoms with Crippen LogP contribution in [0.1, 0.15) is 5.56 Å². The van der Waals surface area contributed by atoms with Crippen LogP contribution in [0.4, 0.5) is 0 Å². The lowest BCUT2D eigenvalue weighted by atomic mass is 10.2. The maximum atomic E-state index is 4.28. The van der Waals surface area contributed by atoms with Crippen molar-refractivity contribution in [3.63, 3.8) is 0 Å². The maximum Gasteiger partial charge on any atom is 0.0659 e. The maximum absolute atomic E-state index is 4.28. The Morgan fingerprint density at radius 3 is 2.71 bits per heavy atom. The van der Waals surface area contributed by atoms with Crippen LogP contribution in [0.2, 0.25) is 0 Å². The van der Waals surface area contributed by atoms with Crippen LogP contribution in [0.15, 0.2) is 47.6 Å². The van der Waals surface area contributed by atoms with E-state index in [0.29, 0.717) is 0 Å². The zero-order valence-corrected chi connectivity index (χ0v) is 8.87. The zero-order chi connectivity index (χ0) is 9.80. The molecule has 0 spiro atoms. The highest BCUT2D eigenvalue weighted by atomic mass is 32.2. The molecular weight excluding hydrogens is 192 g/mol. The largest absolute Gasteiger partial charge is 0.267 e. The molecule has 0 saturated heterocycles. The number of nitrogens with zero attached hydrogens (tertiary/aromatic N) is 2. The van der Waals surface area contributed by atoms with Crippen LogP contribution in [0, 0.1) is 0 Å². The standard InChI is InChI=1S/C11H12N2S/c1-14-11-7-12-13(9-11)8-10-5-3-2-4-6-10/h2-7,9H,8H2,1H3. The SMILES string of the molecule is CSc1cnn(Cc2ccccc2)c1. The van der Waals surface area contributed by atoms with Crippen LogP contribution < -0.4 is 0 Å². The molecule has 0 aliphatic carbocycles. The van der Waals surface area contributed by atoms with E-state index in [-0.39, 0.29) is 0 Å². The lowest BCUT2D eigenvalue weighted by Gasteiger charge is -2.00. The third-order valence-corrected chi connectivity index (χ3v) is 2.71. The molecule has 3 heteroatoms. The first kappa shape index (κ1) is 9.34. The Bertz CT molecular complexity index is 395. The molecule has 0 aliphatic rings. The van der Waals surface area contributed by atoms with Gasteiger partial charge in [-0.2, -0.15) is 5.10 Å². The summed E-state index contributed by atoms with van der Waals surface area (Å²) in [5, 5.41) is 4.28. The van der Waals surface area contributed by atoms with Crippen LogP contribution in [-0.4, -0.2) is 16.0 Å². The molecule has 2 nitrogen and oxygen atoms in total. The molecule has 0 aliphatic heterocycles. The van der Waals surface area contributed by atoms with Crippen molar-refractivity contribution < 1.29 is 0 Å². The summed E-state index contributed by atoms with van der Waals surface area (Å²) < 4.78 is 1.96. The predicted octanol–water partition coefficient (Wildman–Crippen LogP) is 2.65. The van der Waals surface area contributed by atoms with Crippen molar-refractivity contribution in [1.29, 1.82) is 0 Å². The van der Waals surface area contributed by atoms with Crippen molar-refractivity contribution in [3.8, 4) is 0 Å². The fourth-order valence-electron chi connectivity index (χ4n) is 1.31. The summed E-state index contributed by atoms with van der Waals surface area (Å²) in [6.07, 6.45) is 6.02. The van der Waals surface area contributed by atoms with Crippen LogP contribution >= 0.6 is 11.8 Å². The van der Waals surface area contributed by atoms with Crippen molar-refractivity contribution in [1.82, 2.24) is 9.78 Å². The van der Waals surface area contributed by atoms with Crippen molar-refractivity contribution in [2.45, 2.75) is 11.4 Å². The van der Waals surface area contributed by atoms with Crippen LogP contribution in [-0.2, 0) is 6.54 Å². The molecule has 1 aromatic heterocycles. The number of thioether (sulfide) groups is 1. The third kappa shape index (κ3) is 2.17. The van der Waals surface area contributed by atoms with Gasteiger partial charge in [0.1, 0.15) is 0 Å². The topological polar surface area (TPSA) is 17.8 Å². The van der Waals surface area contributed by atoms with E-state index in [4.69, 9.17) is 0 Å². The van der Waals surface area contributed by atoms with E-state index in [9.17, 15) is 0 Å². The molecule has 0 fully saturated rings. The van der Waals surface area contributed by atoms with Gasteiger partial charge in [0.05, 0.1) is 12.7 Å². The molecule has 1 aromatic carbocycles. The fraction of sp³-hybridized carbons (Fsp3) is 0.182. The highest BCUT2D eigenvalue weighted by Crippen LogP contribution is 2.12. The van der Waals surface area contributed by atoms with E-state index < -0.39 is 0 Å². The van der Waals surface area contributed by atoms with Crippen molar-refractivity contribution in [3.05, 3.63) is 48.3 Å². The van der Waals surface area contributed by atoms with E-state index in [0.717, 1.165) is 6.54 Å². The Morgan fingerprint density at radius 1 is 1.29 bits per heavy atom. The molecule has 0 saturated carbocycles. The lowest BCUT2D eigenvalue weighted by Crippen LogP contribution is -1.98. The second-order valence-corrected chi connectivity index (χ2v) is 3.94. The van der Waals surface area contributed by atoms with Gasteiger partial charge in [0.25, 0.3) is 0 Å². The summed E-state index contributed by atoms with van der Waals surface area (Å²) in [4.78, 5) is 1.21. The number of benzene rings is 1. The first-order valence-electron chi connectivity index (χ1n) is 4.49. The van der Waals surface area contributed by atoms with Crippen molar-refractivity contribution >= 4 is 11.8 Å². The highest BCUT2D eigenvalue weighted by Gasteiger charge is 1.97. The van der Waals surface area contributed by atoms with Gasteiger partial charge in [0.2, 0.25) is 0 Å². The van der Waals surface area contributed by atoms with Gasteiger partial charge < -0.3 is 0 Å². The normalized spacial score (nSPS) is 10.4. The van der Waals surface area contributed by atoms with Crippen LogP contribution in [0.5, 0.6) is 0 Å². The summed E-state index contributed by atoms with van der Waals surface area (Å²) in [5.74, 6) is 0. The molecule has 14 heavy (non-hydrogen) atoms. The smallest absolute Gasteiger partial charge is 0.0659 e. The van der Waals surface area contributed by atoms with Gasteiger partial charge in [0.15, 0.2) is 0 Å². The second kappa shape index (κ2) is 4.33. The van der Waals surface area contributed by atoms with E-state index in [1.54, 1.807) is 11.8 Å². The average Bonchev–Trinajstić information content (AvgIpc) is 2.67. The van der Waals surface area contributed by atoms with Crippen molar-refractivity contribution in [2.75, 3.05) is 6.26 Å². The third-order valence-electron chi connectivity index (χ3n) is 2.03. The molecule has 0 unspecified atom stereocenters. The number of hydrogen-bond donors (Lipinski definition) is 0. The molecule has 2 rings (SSSR count). The molecule has 0 atom stereocenters. The first-order valence-corrected chi connectivity index (χ1v) is 5.71. The molecule has 72 valence electrons. The minimum atomic E-state index is 0.849. The molecule has 0 amide bonds. The summed E-state index contributed by atoms with van der Waals surface area (Å²) in [5.41, 5.74) is 1.28. The second-order valence-electron chi connectivity index (χ2n) is 3.06. The summed E-state index contributed by atoms with van der Waals surface area (Å²) in [6.45, 7) is 0.849. The summed E-state index contributed by atoms with van der Waals surface area (Å²) in [6, 6.07) is 10.4. The van der Waals surface area contributed by atoms with Gasteiger partial charge >= 0.3 is 0 Å². The molecule has 0 bridgehead atoms. The fourth-order valence-corrected chi connectivity index (χ4v) is 1.69. The van der Waals surface area contributed by atoms with Gasteiger partial charge in [-0.15, -0.1) is 11.8 Å². The minimum absolute atomic E-state index is 0.849. The number of rotatable bonds is 3. The zero-order valence-electron chi connectivity index (χ0n) is 8.05. The molecule has 2 aromatic rings. The predicted molar refractivity (Wildman–Crippen MR) is 59.6 cm³/mol. The highest BCUT2D eigenvalue weighted by molar-refractivity contribution is 7.98. The first-order chi connectivity index (χ1) is 6.88. The average molecular weight is 204 g/mol. The van der Waals surface area contributed by atoms with Crippen LogP contribution in [0.3, 0.4) is 0 Å². The Labute approximate surface area is 87.9 Å². The van der Waals surface area contributed by atoms with Crippen molar-refractivity contribution in [2.24, 2.45) is 0 Å². The van der Waals surface area contributed by atoms with E-state index in [2.05, 4.69) is 29.7 Å². The van der Waals surface area contributed by atoms with Gasteiger partial charge in [-0.1, -0.05) is 30.3 Å². The number of hydrogen-bond acceptors (Lipinski definition) is 2. The Hall–Kier alpha value is -1.22. The summed E-state index contributed by atoms with van der Waals surface area (Å²) >= 11 is 1.72. The molecule has 0 radical (unpaired) electrons. The van der Waals surface area contributed by atoms with E-state index >= 15 is 0 Å². The van der Waals surface area contributed by atoms with Gasteiger partial charge in [0, 0.05) is 11.1 Å². The lowest BCUT2D eigenvalue weighted by molar-refractivity contribution is 0.686. The molecular formula is C11H12N2S. The van der Waals surface area contributed by atoms with Crippen LogP contribution in [0.25, 0.3) is 0 Å². The summed E-state index contributed by atoms with van der Waals surface area (Å²) in [7, 11) is 0. The van der Waals surface area contributed by atoms with E-state index in [1.807, 2.05) is 29.1 Å². The minimum Gasteiger partial charge on any atom is -0.267 e.